The Balaban J connectivity index is 1.52. The van der Waals surface area contributed by atoms with Crippen molar-refractivity contribution in [3.8, 4) is 0 Å². The van der Waals surface area contributed by atoms with E-state index in [4.69, 9.17) is 0 Å². The van der Waals surface area contributed by atoms with Gasteiger partial charge < -0.3 is 10.2 Å². The van der Waals surface area contributed by atoms with Crippen LogP contribution in [0.15, 0.2) is 30.3 Å². The van der Waals surface area contributed by atoms with Crippen LogP contribution in [0, 0.1) is 5.92 Å². The van der Waals surface area contributed by atoms with Gasteiger partial charge in [-0.25, -0.2) is 0 Å². The minimum atomic E-state index is 0.762. The molecule has 1 aliphatic heterocycles. The van der Waals surface area contributed by atoms with Crippen LogP contribution in [0.25, 0.3) is 0 Å². The molecule has 0 aliphatic carbocycles. The van der Waals surface area contributed by atoms with Gasteiger partial charge in [-0.05, 0) is 44.0 Å². The molecular weight excluding hydrogens is 270 g/mol. The molecule has 1 aromatic rings. The summed E-state index contributed by atoms with van der Waals surface area (Å²) >= 11 is 0. The molecule has 3 heteroatoms. The summed E-state index contributed by atoms with van der Waals surface area (Å²) in [6.45, 7) is 14.1. The fraction of sp³-hybridized carbons (Fsp3) is 0.684. The monoisotopic (exact) mass is 303 g/mol. The third-order valence-electron chi connectivity index (χ3n) is 4.34. The Morgan fingerprint density at radius 1 is 0.955 bits per heavy atom. The number of piperazine rings is 1. The Bertz CT molecular complexity index is 383. The highest BCUT2D eigenvalue weighted by Gasteiger charge is 2.16. The van der Waals surface area contributed by atoms with Crippen molar-refractivity contribution in [3.05, 3.63) is 35.9 Å². The number of rotatable bonds is 9. The summed E-state index contributed by atoms with van der Waals surface area (Å²) in [7, 11) is 0. The van der Waals surface area contributed by atoms with Crippen LogP contribution in [0.3, 0.4) is 0 Å². The standard InChI is InChI=1S/C19H33N3/c1-18(2)16-20-10-6-7-11-21-12-14-22(15-13-21)17-19-8-4-3-5-9-19/h3-5,8-9,18,20H,6-7,10-17H2,1-2H3. The largest absolute Gasteiger partial charge is 0.316 e. The molecule has 1 fully saturated rings. The van der Waals surface area contributed by atoms with Crippen LogP contribution in [0.2, 0.25) is 0 Å². The van der Waals surface area contributed by atoms with E-state index in [0.717, 1.165) is 19.0 Å². The first-order chi connectivity index (χ1) is 10.7. The third-order valence-corrected chi connectivity index (χ3v) is 4.34. The zero-order chi connectivity index (χ0) is 15.6. The molecule has 2 rings (SSSR count). The van der Waals surface area contributed by atoms with E-state index in [9.17, 15) is 0 Å². The number of nitrogens with zero attached hydrogens (tertiary/aromatic N) is 2. The summed E-state index contributed by atoms with van der Waals surface area (Å²) in [5, 5.41) is 3.53. The second kappa shape index (κ2) is 9.98. The van der Waals surface area contributed by atoms with Crippen molar-refractivity contribution in [2.75, 3.05) is 45.8 Å². The summed E-state index contributed by atoms with van der Waals surface area (Å²) in [5.41, 5.74) is 1.44. The van der Waals surface area contributed by atoms with E-state index < -0.39 is 0 Å². The van der Waals surface area contributed by atoms with Gasteiger partial charge in [-0.2, -0.15) is 0 Å². The predicted molar refractivity (Wildman–Crippen MR) is 95.1 cm³/mol. The van der Waals surface area contributed by atoms with E-state index in [1.54, 1.807) is 0 Å². The highest BCUT2D eigenvalue weighted by Crippen LogP contribution is 2.08. The maximum Gasteiger partial charge on any atom is 0.0234 e. The van der Waals surface area contributed by atoms with Crippen LogP contribution >= 0.6 is 0 Å². The third kappa shape index (κ3) is 6.91. The average molecular weight is 303 g/mol. The molecule has 1 saturated heterocycles. The summed E-state index contributed by atoms with van der Waals surface area (Å²) < 4.78 is 0. The highest BCUT2D eigenvalue weighted by atomic mass is 15.3. The Hall–Kier alpha value is -0.900. The molecule has 0 saturated carbocycles. The minimum absolute atomic E-state index is 0.762. The van der Waals surface area contributed by atoms with Gasteiger partial charge in [-0.1, -0.05) is 44.2 Å². The van der Waals surface area contributed by atoms with Crippen LogP contribution < -0.4 is 5.32 Å². The second-order valence-electron chi connectivity index (χ2n) is 6.91. The van der Waals surface area contributed by atoms with Crippen molar-refractivity contribution < 1.29 is 0 Å². The maximum absolute atomic E-state index is 3.53. The van der Waals surface area contributed by atoms with E-state index in [0.29, 0.717) is 0 Å². The van der Waals surface area contributed by atoms with Gasteiger partial charge in [-0.15, -0.1) is 0 Å². The molecule has 124 valence electrons. The molecule has 0 spiro atoms. The number of hydrogen-bond acceptors (Lipinski definition) is 3. The van der Waals surface area contributed by atoms with E-state index >= 15 is 0 Å². The van der Waals surface area contributed by atoms with Gasteiger partial charge in [0.15, 0.2) is 0 Å². The van der Waals surface area contributed by atoms with Crippen LogP contribution in [-0.2, 0) is 6.54 Å². The molecule has 0 aromatic heterocycles. The van der Waals surface area contributed by atoms with Gasteiger partial charge >= 0.3 is 0 Å². The SMILES string of the molecule is CC(C)CNCCCCN1CCN(Cc2ccccc2)CC1. The molecule has 1 N–H and O–H groups in total. The summed E-state index contributed by atoms with van der Waals surface area (Å²) in [5.74, 6) is 0.762. The molecule has 0 atom stereocenters. The zero-order valence-corrected chi connectivity index (χ0v) is 14.4. The number of nitrogens with one attached hydrogen (secondary N) is 1. The fourth-order valence-corrected chi connectivity index (χ4v) is 2.99. The molecule has 3 nitrogen and oxygen atoms in total. The minimum Gasteiger partial charge on any atom is -0.316 e. The predicted octanol–water partition coefficient (Wildman–Crippen LogP) is 2.83. The summed E-state index contributed by atoms with van der Waals surface area (Å²) in [6.07, 6.45) is 2.63. The van der Waals surface area contributed by atoms with Gasteiger partial charge in [0.1, 0.15) is 0 Å². The van der Waals surface area contributed by atoms with Crippen molar-refractivity contribution in [2.45, 2.75) is 33.2 Å². The van der Waals surface area contributed by atoms with E-state index in [1.807, 2.05) is 0 Å². The van der Waals surface area contributed by atoms with Crippen LogP contribution in [0.4, 0.5) is 0 Å². The maximum atomic E-state index is 3.53. The van der Waals surface area contributed by atoms with Gasteiger partial charge in [0.05, 0.1) is 0 Å². The number of unbranched alkanes of at least 4 members (excludes halogenated alkanes) is 1. The smallest absolute Gasteiger partial charge is 0.0234 e. The van der Waals surface area contributed by atoms with Crippen molar-refractivity contribution in [1.82, 2.24) is 15.1 Å². The lowest BCUT2D eigenvalue weighted by Gasteiger charge is -2.34. The van der Waals surface area contributed by atoms with E-state index in [-0.39, 0.29) is 0 Å². The fourth-order valence-electron chi connectivity index (χ4n) is 2.99. The molecule has 0 radical (unpaired) electrons. The summed E-state index contributed by atoms with van der Waals surface area (Å²) in [6, 6.07) is 10.8. The van der Waals surface area contributed by atoms with Gasteiger partial charge in [0.25, 0.3) is 0 Å². The van der Waals surface area contributed by atoms with Gasteiger partial charge in [0, 0.05) is 32.7 Å². The molecular formula is C19H33N3. The summed E-state index contributed by atoms with van der Waals surface area (Å²) in [4.78, 5) is 5.21. The Kier molecular flexibility index (Phi) is 7.92. The molecule has 0 amide bonds. The van der Waals surface area contributed by atoms with E-state index in [2.05, 4.69) is 59.3 Å². The zero-order valence-electron chi connectivity index (χ0n) is 14.4. The Morgan fingerprint density at radius 2 is 1.64 bits per heavy atom. The van der Waals surface area contributed by atoms with Gasteiger partial charge in [0.2, 0.25) is 0 Å². The van der Waals surface area contributed by atoms with Crippen molar-refractivity contribution >= 4 is 0 Å². The van der Waals surface area contributed by atoms with E-state index in [1.165, 1.54) is 57.7 Å². The lowest BCUT2D eigenvalue weighted by Crippen LogP contribution is -2.46. The molecule has 0 unspecified atom stereocenters. The Labute approximate surface area is 136 Å². The van der Waals surface area contributed by atoms with Crippen molar-refractivity contribution in [3.63, 3.8) is 0 Å². The number of hydrogen-bond donors (Lipinski definition) is 1. The molecule has 0 bridgehead atoms. The molecule has 1 aliphatic rings. The Morgan fingerprint density at radius 3 is 2.32 bits per heavy atom. The molecule has 22 heavy (non-hydrogen) atoms. The second-order valence-corrected chi connectivity index (χ2v) is 6.91. The average Bonchev–Trinajstić information content (AvgIpc) is 2.53. The molecule has 1 aromatic carbocycles. The van der Waals surface area contributed by atoms with Crippen LogP contribution in [-0.4, -0.2) is 55.6 Å². The normalized spacial score (nSPS) is 17.2. The lowest BCUT2D eigenvalue weighted by molar-refractivity contribution is 0.125. The lowest BCUT2D eigenvalue weighted by atomic mass is 10.2. The van der Waals surface area contributed by atoms with Crippen molar-refractivity contribution in [1.29, 1.82) is 0 Å². The van der Waals surface area contributed by atoms with Gasteiger partial charge in [-0.3, -0.25) is 4.90 Å². The first kappa shape index (κ1) is 17.5. The van der Waals surface area contributed by atoms with Crippen molar-refractivity contribution in [2.24, 2.45) is 5.92 Å². The van der Waals surface area contributed by atoms with Crippen LogP contribution in [0.5, 0.6) is 0 Å². The number of benzene rings is 1. The quantitative estimate of drug-likeness (QED) is 0.708. The topological polar surface area (TPSA) is 18.5 Å². The molecule has 1 heterocycles. The highest BCUT2D eigenvalue weighted by molar-refractivity contribution is 5.14. The first-order valence-electron chi connectivity index (χ1n) is 8.93. The van der Waals surface area contributed by atoms with Crippen LogP contribution in [0.1, 0.15) is 32.3 Å². The first-order valence-corrected chi connectivity index (χ1v) is 8.93.